The van der Waals surface area contributed by atoms with E-state index in [9.17, 15) is 0 Å². The van der Waals surface area contributed by atoms with Crippen molar-refractivity contribution in [1.29, 1.82) is 0 Å². The number of ether oxygens (including phenoxy) is 1. The molecule has 1 saturated heterocycles. The summed E-state index contributed by atoms with van der Waals surface area (Å²) in [6, 6.07) is 19.5. The van der Waals surface area contributed by atoms with Crippen LogP contribution in [0.15, 0.2) is 67.3 Å². The molecule has 0 saturated carbocycles. The van der Waals surface area contributed by atoms with Crippen molar-refractivity contribution in [3.63, 3.8) is 0 Å². The number of rotatable bonds is 6. The fourth-order valence-electron chi connectivity index (χ4n) is 3.81. The molecule has 2 heteroatoms. The molecule has 0 spiro atoms. The summed E-state index contributed by atoms with van der Waals surface area (Å²) in [6.07, 6.45) is 4.17. The number of hydrogen-bond donors (Lipinski definition) is 1. The van der Waals surface area contributed by atoms with E-state index in [2.05, 4.69) is 62.1 Å². The van der Waals surface area contributed by atoms with E-state index in [-0.39, 0.29) is 5.41 Å². The fraction of sp³-hybridized carbons (Fsp3) is 0.391. The van der Waals surface area contributed by atoms with E-state index in [0.717, 1.165) is 25.1 Å². The molecule has 1 N–H and O–H groups in total. The Hall–Kier alpha value is -2.06. The van der Waals surface area contributed by atoms with Crippen molar-refractivity contribution in [2.75, 3.05) is 6.54 Å². The van der Waals surface area contributed by atoms with Crippen LogP contribution < -0.4 is 10.1 Å². The van der Waals surface area contributed by atoms with Crippen LogP contribution in [0.4, 0.5) is 0 Å². The first-order valence-electron chi connectivity index (χ1n) is 9.23. The van der Waals surface area contributed by atoms with Crippen LogP contribution in [0.1, 0.15) is 37.8 Å². The lowest BCUT2D eigenvalue weighted by atomic mass is 9.66. The Morgan fingerprint density at radius 1 is 1.20 bits per heavy atom. The van der Waals surface area contributed by atoms with Gasteiger partial charge in [-0.15, -0.1) is 6.58 Å². The smallest absolute Gasteiger partial charge is 0.120 e. The van der Waals surface area contributed by atoms with Crippen molar-refractivity contribution < 1.29 is 4.74 Å². The highest BCUT2D eigenvalue weighted by atomic mass is 16.5. The lowest BCUT2D eigenvalue weighted by Gasteiger charge is -2.44. The summed E-state index contributed by atoms with van der Waals surface area (Å²) in [5.41, 5.74) is 2.73. The minimum Gasteiger partial charge on any atom is -0.489 e. The van der Waals surface area contributed by atoms with Gasteiger partial charge in [0.2, 0.25) is 0 Å². The molecule has 0 amide bonds. The summed E-state index contributed by atoms with van der Waals surface area (Å²) in [5, 5.41) is 3.65. The quantitative estimate of drug-likeness (QED) is 0.742. The molecule has 1 aliphatic heterocycles. The molecule has 25 heavy (non-hydrogen) atoms. The lowest BCUT2D eigenvalue weighted by Crippen LogP contribution is -2.50. The van der Waals surface area contributed by atoms with Crippen LogP contribution in [0, 0.1) is 5.92 Å². The van der Waals surface area contributed by atoms with Crippen molar-refractivity contribution >= 4 is 0 Å². The van der Waals surface area contributed by atoms with Gasteiger partial charge in [-0.1, -0.05) is 62.4 Å². The second-order valence-electron chi connectivity index (χ2n) is 7.45. The second kappa shape index (κ2) is 7.88. The predicted octanol–water partition coefficient (Wildman–Crippen LogP) is 5.10. The Morgan fingerprint density at radius 2 is 2.00 bits per heavy atom. The van der Waals surface area contributed by atoms with Crippen molar-refractivity contribution in [2.24, 2.45) is 5.92 Å². The van der Waals surface area contributed by atoms with Gasteiger partial charge in [-0.3, -0.25) is 0 Å². The number of nitrogens with one attached hydrogen (secondary N) is 1. The summed E-state index contributed by atoms with van der Waals surface area (Å²) in [5.74, 6) is 1.53. The standard InChI is InChI=1S/C23H29NO/c1-4-9-21-15-23(3,18(2)16-24-21)20-12-8-13-22(14-20)25-17-19-10-6-5-7-11-19/h4-8,10-14,18,21,24H,1,9,15-17H2,2-3H3/t18?,21?,23-/m1/s1. The topological polar surface area (TPSA) is 21.3 Å². The minimum atomic E-state index is 0.158. The van der Waals surface area contributed by atoms with Gasteiger partial charge in [0.25, 0.3) is 0 Å². The highest BCUT2D eigenvalue weighted by molar-refractivity contribution is 5.35. The monoisotopic (exact) mass is 335 g/mol. The molecule has 3 atom stereocenters. The van der Waals surface area contributed by atoms with Crippen LogP contribution in [0.2, 0.25) is 0 Å². The maximum atomic E-state index is 6.05. The average molecular weight is 335 g/mol. The predicted molar refractivity (Wildman–Crippen MR) is 105 cm³/mol. The van der Waals surface area contributed by atoms with Crippen LogP contribution in [-0.4, -0.2) is 12.6 Å². The molecular weight excluding hydrogens is 306 g/mol. The molecule has 0 aromatic heterocycles. The van der Waals surface area contributed by atoms with E-state index in [1.54, 1.807) is 0 Å². The van der Waals surface area contributed by atoms with Gasteiger partial charge in [-0.05, 0) is 54.0 Å². The lowest BCUT2D eigenvalue weighted by molar-refractivity contribution is 0.193. The first-order valence-corrected chi connectivity index (χ1v) is 9.23. The molecule has 1 heterocycles. The molecule has 132 valence electrons. The summed E-state index contributed by atoms with van der Waals surface area (Å²) in [7, 11) is 0. The van der Waals surface area contributed by atoms with Gasteiger partial charge in [0.15, 0.2) is 0 Å². The van der Waals surface area contributed by atoms with Crippen LogP contribution in [-0.2, 0) is 12.0 Å². The van der Waals surface area contributed by atoms with Crippen LogP contribution in [0.25, 0.3) is 0 Å². The van der Waals surface area contributed by atoms with E-state index in [0.29, 0.717) is 18.6 Å². The van der Waals surface area contributed by atoms with Gasteiger partial charge >= 0.3 is 0 Å². The van der Waals surface area contributed by atoms with Gasteiger partial charge in [0.1, 0.15) is 12.4 Å². The van der Waals surface area contributed by atoms with E-state index >= 15 is 0 Å². The highest BCUT2D eigenvalue weighted by Crippen LogP contribution is 2.40. The second-order valence-corrected chi connectivity index (χ2v) is 7.45. The van der Waals surface area contributed by atoms with E-state index in [1.165, 1.54) is 11.1 Å². The van der Waals surface area contributed by atoms with E-state index in [4.69, 9.17) is 4.74 Å². The molecular formula is C23H29NO. The molecule has 2 aromatic rings. The van der Waals surface area contributed by atoms with Crippen molar-refractivity contribution in [3.05, 3.63) is 78.4 Å². The highest BCUT2D eigenvalue weighted by Gasteiger charge is 2.38. The fourth-order valence-corrected chi connectivity index (χ4v) is 3.81. The van der Waals surface area contributed by atoms with Gasteiger partial charge in [0, 0.05) is 6.04 Å². The Labute approximate surface area is 151 Å². The SMILES string of the molecule is C=CCC1C[C@@](C)(c2cccc(OCc3ccccc3)c2)C(C)CN1. The average Bonchev–Trinajstić information content (AvgIpc) is 2.64. The Kier molecular flexibility index (Phi) is 5.60. The molecule has 0 radical (unpaired) electrons. The Balaban J connectivity index is 1.76. The zero-order valence-electron chi connectivity index (χ0n) is 15.4. The Bertz CT molecular complexity index is 696. The van der Waals surface area contributed by atoms with Crippen LogP contribution >= 0.6 is 0 Å². The first kappa shape index (κ1) is 17.8. The normalized spacial score (nSPS) is 26.2. The number of piperidine rings is 1. The van der Waals surface area contributed by atoms with Crippen molar-refractivity contribution in [3.8, 4) is 5.75 Å². The molecule has 3 rings (SSSR count). The van der Waals surface area contributed by atoms with E-state index < -0.39 is 0 Å². The van der Waals surface area contributed by atoms with Crippen LogP contribution in [0.3, 0.4) is 0 Å². The summed E-state index contributed by atoms with van der Waals surface area (Å²) in [4.78, 5) is 0. The minimum absolute atomic E-state index is 0.158. The molecule has 1 aliphatic rings. The molecule has 2 unspecified atom stereocenters. The number of hydrogen-bond acceptors (Lipinski definition) is 2. The van der Waals surface area contributed by atoms with Gasteiger partial charge < -0.3 is 10.1 Å². The maximum Gasteiger partial charge on any atom is 0.120 e. The summed E-state index contributed by atoms with van der Waals surface area (Å²) < 4.78 is 6.05. The van der Waals surface area contributed by atoms with Crippen molar-refractivity contribution in [1.82, 2.24) is 5.32 Å². The third-order valence-electron chi connectivity index (χ3n) is 5.66. The summed E-state index contributed by atoms with van der Waals surface area (Å²) in [6.45, 7) is 10.3. The maximum absolute atomic E-state index is 6.05. The van der Waals surface area contributed by atoms with Crippen molar-refractivity contribution in [2.45, 2.75) is 44.8 Å². The van der Waals surface area contributed by atoms with Gasteiger partial charge in [-0.2, -0.15) is 0 Å². The van der Waals surface area contributed by atoms with Gasteiger partial charge in [-0.25, -0.2) is 0 Å². The van der Waals surface area contributed by atoms with E-state index in [1.807, 2.05) is 24.3 Å². The first-order chi connectivity index (χ1) is 12.1. The van der Waals surface area contributed by atoms with Crippen LogP contribution in [0.5, 0.6) is 5.75 Å². The largest absolute Gasteiger partial charge is 0.489 e. The molecule has 0 bridgehead atoms. The molecule has 2 nitrogen and oxygen atoms in total. The third-order valence-corrected chi connectivity index (χ3v) is 5.66. The number of benzene rings is 2. The third kappa shape index (κ3) is 4.13. The zero-order chi connectivity index (χ0) is 17.7. The molecule has 0 aliphatic carbocycles. The molecule has 2 aromatic carbocycles. The van der Waals surface area contributed by atoms with Gasteiger partial charge in [0.05, 0.1) is 0 Å². The zero-order valence-corrected chi connectivity index (χ0v) is 15.4. The molecule has 1 fully saturated rings. The summed E-state index contributed by atoms with van der Waals surface area (Å²) >= 11 is 0. The Morgan fingerprint density at radius 3 is 2.76 bits per heavy atom.